The molecule has 0 unspecified atom stereocenters. The molecule has 0 radical (unpaired) electrons. The van der Waals surface area contributed by atoms with Crippen molar-refractivity contribution in [3.8, 4) is 0 Å². The van der Waals surface area contributed by atoms with Crippen LogP contribution in [0.2, 0.25) is 0 Å². The maximum atomic E-state index is 13.8. The summed E-state index contributed by atoms with van der Waals surface area (Å²) in [6, 6.07) is -28.1. The highest BCUT2D eigenvalue weighted by molar-refractivity contribution is 6.02. The Kier molecular flexibility index (Phi) is 41.6. The van der Waals surface area contributed by atoms with E-state index in [1.807, 2.05) is 0 Å². The van der Waals surface area contributed by atoms with Crippen molar-refractivity contribution in [2.24, 2.45) is 22.9 Å². The van der Waals surface area contributed by atoms with E-state index in [0.717, 1.165) is 55.4 Å². The highest BCUT2D eigenvalue weighted by atomic mass is 16.4. The first-order valence-corrected chi connectivity index (χ1v) is 34.9. The van der Waals surface area contributed by atoms with Crippen molar-refractivity contribution in [2.45, 2.75) is 255 Å². The summed E-state index contributed by atoms with van der Waals surface area (Å²) in [4.78, 5) is 314. The average molecular weight is 1600 g/mol. The molecule has 112 heavy (non-hydrogen) atoms. The largest absolute Gasteiger partial charge is 0.481 e. The number of nitrogens with two attached hydrogens (primary N) is 4. The second kappa shape index (κ2) is 47.9. The van der Waals surface area contributed by atoms with Crippen molar-refractivity contribution >= 4 is 142 Å². The molecule has 1 heterocycles. The van der Waals surface area contributed by atoms with Gasteiger partial charge < -0.3 is 128 Å². The van der Waals surface area contributed by atoms with Crippen LogP contribution in [0.15, 0.2) is 0 Å². The number of primary amides is 4. The van der Waals surface area contributed by atoms with Gasteiger partial charge >= 0.3 is 23.9 Å². The molecule has 0 aromatic carbocycles. The Balaban J connectivity index is 4.05. The third-order valence-electron chi connectivity index (χ3n) is 16.4. The van der Waals surface area contributed by atoms with Crippen LogP contribution in [0.1, 0.15) is 158 Å². The Bertz CT molecular complexity index is 2890. The Morgan fingerprint density at radius 1 is 0.196 bits per heavy atom. The number of carbonyl (C=O) groups excluding carboxylic acids is 20. The number of carboxylic acid groups (broad SMARTS) is 4. The van der Waals surface area contributed by atoms with Gasteiger partial charge in [0.15, 0.2) is 0 Å². The molecule has 0 bridgehead atoms. The summed E-state index contributed by atoms with van der Waals surface area (Å²) in [5.74, 6) is -29.5. The minimum atomic E-state index is -1.84. The highest BCUT2D eigenvalue weighted by Gasteiger charge is 2.38. The maximum absolute atomic E-state index is 13.8. The molecule has 1 rings (SSSR count). The standard InChI is InChI=1S/C64H100N20O28/c1-25-49(97)77-33(9-17-41(65)85)57(105)69-30(6)54(102)82-38(14-22-46(91)92)62(110)74-27(3)51(99)79-35(11-19-43(67)87)59(107)71-32(8)56(104)84-40(16-24-48(95)96)64(112)76-28(4)52(100)80-36(12-20-44(68)88)60(108)72-31(7)55(103)83-39(15-23-47(93)94)63(111)75-26(2)50(98)78-34(10-18-42(66)86)58(106)70-29(5)53(101)81-37(61(109)73-25)13-21-45(89)90/h25-40H,9-24H2,1-8H3,(H2,65,85)(H2,66,86)(H2,67,87)(H2,68,88)(H,69,105)(H,70,106)(H,71,107)(H,72,108)(H,73,109)(H,74,110)(H,75,111)(H,76,112)(H,77,97)(H,78,98)(H,79,99)(H,80,100)(H,81,101)(H,82,102)(H,83,103)(H,84,104)(H,89,90)(H,91,92)(H,93,94)(H,95,96)/t25-,26-,27-,28-,29-,30-,31-,32-,33+,34+,35+,36+,37+,38+,39+,40+/m1/s1. The van der Waals surface area contributed by atoms with Gasteiger partial charge in [0.25, 0.3) is 0 Å². The van der Waals surface area contributed by atoms with Gasteiger partial charge in [-0.1, -0.05) is 0 Å². The third kappa shape index (κ3) is 37.4. The Labute approximate surface area is 638 Å². The molecule has 1 aliphatic rings. The normalized spacial score (nSPS) is 26.6. The van der Waals surface area contributed by atoms with Crippen molar-refractivity contribution in [3.63, 3.8) is 0 Å². The van der Waals surface area contributed by atoms with E-state index in [0.29, 0.717) is 0 Å². The van der Waals surface area contributed by atoms with Crippen LogP contribution in [0.5, 0.6) is 0 Å². The molecule has 0 aromatic heterocycles. The SMILES string of the molecule is C[C@H]1NC(=O)[C@H](CCC(N)=O)NC(=O)[C@@H](C)NC(=O)[C@H](CCC(=O)O)NC(=O)[C@@H](C)NC(=O)[C@H](CCC(N)=O)NC(=O)[C@@H](C)NC(=O)[C@H](CCC(=O)O)NC(=O)[C@@H](C)NC(=O)[C@H](CCC(N)=O)NC(=O)[C@@H](C)NC(=O)[C@H](CCC(=O)O)NC(=O)[C@@H](C)NC(=O)[C@H](CCC(N)=O)NC(=O)[C@@H](C)NC(=O)[C@H](CCC(=O)O)NC1=O. The molecule has 16 atom stereocenters. The predicted molar refractivity (Wildman–Crippen MR) is 377 cm³/mol. The van der Waals surface area contributed by atoms with Crippen molar-refractivity contribution < 1.29 is 135 Å². The lowest BCUT2D eigenvalue weighted by Gasteiger charge is -2.27. The van der Waals surface area contributed by atoms with E-state index in [1.54, 1.807) is 0 Å². The summed E-state index contributed by atoms with van der Waals surface area (Å²) < 4.78 is 0. The summed E-state index contributed by atoms with van der Waals surface area (Å²) >= 11 is 0. The lowest BCUT2D eigenvalue weighted by atomic mass is 10.1. The Morgan fingerprint density at radius 3 is 0.384 bits per heavy atom. The molecule has 0 aromatic rings. The lowest BCUT2D eigenvalue weighted by molar-refractivity contribution is -0.139. The van der Waals surface area contributed by atoms with Crippen LogP contribution in [-0.2, 0) is 115 Å². The molecule has 1 fully saturated rings. The first-order valence-electron chi connectivity index (χ1n) is 34.9. The third-order valence-corrected chi connectivity index (χ3v) is 16.4. The lowest BCUT2D eigenvalue weighted by Crippen LogP contribution is -2.60. The minimum Gasteiger partial charge on any atom is -0.481 e. The van der Waals surface area contributed by atoms with Crippen LogP contribution in [0.25, 0.3) is 0 Å². The van der Waals surface area contributed by atoms with Gasteiger partial charge in [0, 0.05) is 51.4 Å². The maximum Gasteiger partial charge on any atom is 0.303 e. The number of nitrogens with one attached hydrogen (secondary N) is 16. The summed E-state index contributed by atoms with van der Waals surface area (Å²) in [6.07, 6.45) is -10.8. The van der Waals surface area contributed by atoms with Crippen LogP contribution < -0.4 is 108 Å². The molecule has 0 spiro atoms. The van der Waals surface area contributed by atoms with E-state index in [-0.39, 0.29) is 0 Å². The van der Waals surface area contributed by atoms with Crippen LogP contribution in [0, 0.1) is 0 Å². The number of hydrogen-bond donors (Lipinski definition) is 24. The number of amides is 20. The molecule has 624 valence electrons. The molecule has 1 saturated heterocycles. The van der Waals surface area contributed by atoms with Gasteiger partial charge in [-0.15, -0.1) is 0 Å². The van der Waals surface area contributed by atoms with E-state index in [4.69, 9.17) is 22.9 Å². The second-order valence-electron chi connectivity index (χ2n) is 26.1. The molecular formula is C64H100N20O28. The van der Waals surface area contributed by atoms with Crippen LogP contribution in [0.3, 0.4) is 0 Å². The summed E-state index contributed by atoms with van der Waals surface area (Å²) in [5.41, 5.74) is 21.3. The monoisotopic (exact) mass is 1600 g/mol. The molecule has 28 N–H and O–H groups in total. The topological polar surface area (TPSA) is 787 Å². The van der Waals surface area contributed by atoms with Crippen LogP contribution in [0.4, 0.5) is 0 Å². The molecule has 0 aliphatic carbocycles. The summed E-state index contributed by atoms with van der Waals surface area (Å²) in [5, 5.41) is 73.6. The first kappa shape index (κ1) is 97.3. The molecule has 48 nitrogen and oxygen atoms in total. The van der Waals surface area contributed by atoms with Crippen molar-refractivity contribution in [1.82, 2.24) is 85.1 Å². The molecule has 0 saturated carbocycles. The molecule has 48 heteroatoms. The summed E-state index contributed by atoms with van der Waals surface area (Å²) in [6.45, 7) is 8.37. The van der Waals surface area contributed by atoms with Gasteiger partial charge in [0.1, 0.15) is 96.7 Å². The van der Waals surface area contributed by atoms with Gasteiger partial charge in [0.05, 0.1) is 0 Å². The van der Waals surface area contributed by atoms with Gasteiger partial charge in [-0.25, -0.2) is 0 Å². The average Bonchev–Trinajstić information content (AvgIpc) is 0.871. The number of carbonyl (C=O) groups is 24. The van der Waals surface area contributed by atoms with Crippen LogP contribution >= 0.6 is 0 Å². The number of aliphatic carboxylic acids is 4. The zero-order valence-corrected chi connectivity index (χ0v) is 62.4. The van der Waals surface area contributed by atoms with E-state index >= 15 is 0 Å². The summed E-state index contributed by atoms with van der Waals surface area (Å²) in [7, 11) is 0. The fourth-order valence-electron chi connectivity index (χ4n) is 9.78. The zero-order valence-electron chi connectivity index (χ0n) is 62.4. The predicted octanol–water partition coefficient (Wildman–Crippen LogP) is -11.6. The molecule has 20 amide bonds. The van der Waals surface area contributed by atoms with Gasteiger partial charge in [0.2, 0.25) is 118 Å². The zero-order chi connectivity index (χ0) is 85.7. The van der Waals surface area contributed by atoms with Gasteiger partial charge in [-0.3, -0.25) is 115 Å². The quantitative estimate of drug-likeness (QED) is 0.0427. The number of hydrogen-bond acceptors (Lipinski definition) is 24. The van der Waals surface area contributed by atoms with Crippen molar-refractivity contribution in [2.75, 3.05) is 0 Å². The fourth-order valence-corrected chi connectivity index (χ4v) is 9.78. The Hall–Kier alpha value is -12.7. The number of rotatable bonds is 24. The number of carboxylic acids is 4. The van der Waals surface area contributed by atoms with Crippen LogP contribution in [-0.4, -0.2) is 259 Å². The van der Waals surface area contributed by atoms with Crippen molar-refractivity contribution in [3.05, 3.63) is 0 Å². The van der Waals surface area contributed by atoms with Gasteiger partial charge in [-0.2, -0.15) is 0 Å². The Morgan fingerprint density at radius 2 is 0.295 bits per heavy atom. The molecule has 1 aliphatic heterocycles. The van der Waals surface area contributed by atoms with E-state index < -0.39 is 341 Å². The van der Waals surface area contributed by atoms with Crippen molar-refractivity contribution in [1.29, 1.82) is 0 Å². The van der Waals surface area contributed by atoms with E-state index in [2.05, 4.69) is 85.1 Å². The smallest absolute Gasteiger partial charge is 0.303 e. The highest BCUT2D eigenvalue weighted by Crippen LogP contribution is 2.11. The second-order valence-corrected chi connectivity index (χ2v) is 26.1. The molecular weight excluding hydrogens is 1500 g/mol. The first-order chi connectivity index (χ1) is 52.0. The van der Waals surface area contributed by atoms with Gasteiger partial charge in [-0.05, 0) is 107 Å². The minimum absolute atomic E-state index is 0.584. The van der Waals surface area contributed by atoms with E-state index in [1.165, 1.54) is 0 Å². The fraction of sp³-hybridized carbons (Fsp3) is 0.625. The van der Waals surface area contributed by atoms with E-state index in [9.17, 15) is 135 Å².